The molecule has 174 valence electrons. The minimum absolute atomic E-state index is 0.0902. The molecule has 0 saturated carbocycles. The largest absolute Gasteiger partial charge is 0.459 e. The van der Waals surface area contributed by atoms with Gasteiger partial charge in [0, 0.05) is 24.3 Å². The van der Waals surface area contributed by atoms with Gasteiger partial charge in [0.25, 0.3) is 11.5 Å². The lowest BCUT2D eigenvalue weighted by molar-refractivity contribution is -0.116. The van der Waals surface area contributed by atoms with Gasteiger partial charge in [0.15, 0.2) is 10.5 Å². The van der Waals surface area contributed by atoms with Crippen LogP contribution in [0.1, 0.15) is 36.2 Å². The third kappa shape index (κ3) is 5.68. The number of furan rings is 1. The molecule has 8 nitrogen and oxygen atoms in total. The predicted molar refractivity (Wildman–Crippen MR) is 134 cm³/mol. The SMILES string of the molecule is O=C(CCCCCn1c(=S)[nH]c2ccccc2c1=O)Nc1ccc(NC(=O)c2ccco2)cc1. The Morgan fingerprint density at radius 1 is 0.912 bits per heavy atom. The fraction of sp³-hybridized carbons (Fsp3) is 0.200. The predicted octanol–water partition coefficient (Wildman–Crippen LogP) is 5.10. The first kappa shape index (κ1) is 23.2. The summed E-state index contributed by atoms with van der Waals surface area (Å²) in [4.78, 5) is 40.0. The lowest BCUT2D eigenvalue weighted by Crippen LogP contribution is -2.22. The van der Waals surface area contributed by atoms with Crippen molar-refractivity contribution in [1.29, 1.82) is 0 Å². The highest BCUT2D eigenvalue weighted by atomic mass is 32.1. The highest BCUT2D eigenvalue weighted by Gasteiger charge is 2.09. The number of aromatic amines is 1. The summed E-state index contributed by atoms with van der Waals surface area (Å²) >= 11 is 5.33. The molecule has 2 aromatic carbocycles. The Kier molecular flexibility index (Phi) is 7.34. The van der Waals surface area contributed by atoms with Crippen molar-refractivity contribution in [3.63, 3.8) is 0 Å². The van der Waals surface area contributed by atoms with Gasteiger partial charge in [-0.2, -0.15) is 0 Å². The Labute approximate surface area is 200 Å². The van der Waals surface area contributed by atoms with Crippen LogP contribution in [0.5, 0.6) is 0 Å². The minimum atomic E-state index is -0.339. The Morgan fingerprint density at radius 3 is 2.38 bits per heavy atom. The summed E-state index contributed by atoms with van der Waals surface area (Å²) in [7, 11) is 0. The molecule has 2 amide bonds. The van der Waals surface area contributed by atoms with Crippen molar-refractivity contribution in [3.8, 4) is 0 Å². The Bertz CT molecular complexity index is 1410. The van der Waals surface area contributed by atoms with Crippen molar-refractivity contribution in [2.75, 3.05) is 10.6 Å². The van der Waals surface area contributed by atoms with E-state index in [0.29, 0.717) is 40.9 Å². The van der Waals surface area contributed by atoms with Crippen LogP contribution in [0.2, 0.25) is 0 Å². The van der Waals surface area contributed by atoms with Crippen molar-refractivity contribution >= 4 is 46.3 Å². The van der Waals surface area contributed by atoms with E-state index in [2.05, 4.69) is 15.6 Å². The topological polar surface area (TPSA) is 109 Å². The second kappa shape index (κ2) is 10.8. The van der Waals surface area contributed by atoms with E-state index in [4.69, 9.17) is 16.6 Å². The monoisotopic (exact) mass is 476 g/mol. The van der Waals surface area contributed by atoms with E-state index in [1.54, 1.807) is 47.0 Å². The summed E-state index contributed by atoms with van der Waals surface area (Å²) in [6, 6.07) is 17.4. The molecule has 4 rings (SSSR count). The van der Waals surface area contributed by atoms with Crippen LogP contribution in [0.3, 0.4) is 0 Å². The van der Waals surface area contributed by atoms with E-state index in [1.165, 1.54) is 6.26 Å². The van der Waals surface area contributed by atoms with Gasteiger partial charge in [0.05, 0.1) is 17.2 Å². The van der Waals surface area contributed by atoms with Crippen molar-refractivity contribution in [3.05, 3.63) is 87.8 Å². The van der Waals surface area contributed by atoms with Crippen LogP contribution in [0.25, 0.3) is 10.9 Å². The number of benzene rings is 2. The zero-order valence-corrected chi connectivity index (χ0v) is 19.2. The number of para-hydroxylation sites is 1. The summed E-state index contributed by atoms with van der Waals surface area (Å²) in [6.45, 7) is 0.506. The highest BCUT2D eigenvalue weighted by molar-refractivity contribution is 7.71. The number of rotatable bonds is 9. The van der Waals surface area contributed by atoms with Crippen LogP contribution in [-0.2, 0) is 11.3 Å². The number of unbranched alkanes of at least 4 members (excludes halogenated alkanes) is 2. The van der Waals surface area contributed by atoms with Crippen LogP contribution in [0.15, 0.2) is 76.1 Å². The van der Waals surface area contributed by atoms with Gasteiger partial charge in [-0.3, -0.25) is 19.0 Å². The van der Waals surface area contributed by atoms with Gasteiger partial charge >= 0.3 is 0 Å². The molecule has 0 atom stereocenters. The number of nitrogens with one attached hydrogen (secondary N) is 3. The van der Waals surface area contributed by atoms with Gasteiger partial charge in [-0.15, -0.1) is 0 Å². The molecule has 34 heavy (non-hydrogen) atoms. The maximum absolute atomic E-state index is 12.7. The van der Waals surface area contributed by atoms with Gasteiger partial charge in [-0.05, 0) is 73.6 Å². The average Bonchev–Trinajstić information content (AvgIpc) is 3.37. The van der Waals surface area contributed by atoms with Crippen molar-refractivity contribution in [2.45, 2.75) is 32.2 Å². The number of H-pyrrole nitrogens is 1. The van der Waals surface area contributed by atoms with Gasteiger partial charge in [0.2, 0.25) is 5.91 Å². The van der Waals surface area contributed by atoms with E-state index in [-0.39, 0.29) is 23.1 Å². The number of anilines is 2. The normalized spacial score (nSPS) is 10.8. The Morgan fingerprint density at radius 2 is 1.65 bits per heavy atom. The van der Waals surface area contributed by atoms with Gasteiger partial charge in [-0.1, -0.05) is 18.6 Å². The Hall–Kier alpha value is -3.98. The average molecular weight is 477 g/mol. The van der Waals surface area contributed by atoms with Gasteiger partial charge < -0.3 is 20.0 Å². The van der Waals surface area contributed by atoms with E-state index in [0.717, 1.165) is 18.4 Å². The fourth-order valence-electron chi connectivity index (χ4n) is 3.60. The molecule has 0 radical (unpaired) electrons. The Balaban J connectivity index is 1.21. The number of aromatic nitrogens is 2. The molecule has 0 unspecified atom stereocenters. The van der Waals surface area contributed by atoms with Gasteiger partial charge in [-0.25, -0.2) is 0 Å². The van der Waals surface area contributed by atoms with Crippen LogP contribution in [0.4, 0.5) is 11.4 Å². The quantitative estimate of drug-likeness (QED) is 0.230. The summed E-state index contributed by atoms with van der Waals surface area (Å²) in [5.41, 5.74) is 1.89. The number of hydrogen-bond donors (Lipinski definition) is 3. The summed E-state index contributed by atoms with van der Waals surface area (Å²) in [6.07, 6.45) is 4.04. The molecule has 0 fully saturated rings. The number of fused-ring (bicyclic) bond motifs is 1. The van der Waals surface area contributed by atoms with Crippen molar-refractivity contribution < 1.29 is 14.0 Å². The van der Waals surface area contributed by atoms with Crippen LogP contribution < -0.4 is 16.2 Å². The molecule has 0 saturated heterocycles. The summed E-state index contributed by atoms with van der Waals surface area (Å²) < 4.78 is 7.04. The highest BCUT2D eigenvalue weighted by Crippen LogP contribution is 2.16. The first-order valence-corrected chi connectivity index (χ1v) is 11.4. The lowest BCUT2D eigenvalue weighted by Gasteiger charge is -2.09. The molecule has 2 heterocycles. The molecule has 4 aromatic rings. The molecule has 0 aliphatic rings. The number of hydrogen-bond acceptors (Lipinski definition) is 5. The van der Waals surface area contributed by atoms with Crippen LogP contribution in [0, 0.1) is 4.77 Å². The molecule has 0 spiro atoms. The first-order valence-electron chi connectivity index (χ1n) is 11.0. The molecule has 0 aliphatic carbocycles. The summed E-state index contributed by atoms with van der Waals surface area (Å²) in [5, 5.41) is 6.19. The van der Waals surface area contributed by atoms with E-state index < -0.39 is 0 Å². The zero-order valence-electron chi connectivity index (χ0n) is 18.4. The standard InChI is InChI=1S/C25H24N4O4S/c30-22(26-17-11-13-18(14-12-17)27-23(31)21-9-6-16-33-21)10-2-1-5-15-29-24(32)19-7-3-4-8-20(19)28-25(29)34/h3-4,6-9,11-14,16H,1-2,5,10,15H2,(H,26,30)(H,27,31)(H,28,34). The summed E-state index contributed by atoms with van der Waals surface area (Å²) in [5.74, 6) is -0.203. The van der Waals surface area contributed by atoms with Crippen molar-refractivity contribution in [1.82, 2.24) is 9.55 Å². The van der Waals surface area contributed by atoms with Gasteiger partial charge in [0.1, 0.15) is 0 Å². The zero-order chi connectivity index (χ0) is 23.9. The van der Waals surface area contributed by atoms with Crippen LogP contribution in [-0.4, -0.2) is 21.4 Å². The number of carbonyl (C=O) groups is 2. The maximum Gasteiger partial charge on any atom is 0.291 e. The first-order chi connectivity index (χ1) is 16.5. The molecule has 0 bridgehead atoms. The fourth-order valence-corrected chi connectivity index (χ4v) is 3.88. The number of amides is 2. The molecule has 2 aromatic heterocycles. The number of carbonyl (C=O) groups excluding carboxylic acids is 2. The van der Waals surface area contributed by atoms with Crippen LogP contribution >= 0.6 is 12.2 Å². The number of nitrogens with zero attached hydrogens (tertiary/aromatic N) is 1. The smallest absolute Gasteiger partial charge is 0.291 e. The van der Waals surface area contributed by atoms with E-state index in [1.807, 2.05) is 18.2 Å². The van der Waals surface area contributed by atoms with Crippen molar-refractivity contribution in [2.24, 2.45) is 0 Å². The van der Waals surface area contributed by atoms with E-state index in [9.17, 15) is 14.4 Å². The molecule has 9 heteroatoms. The third-order valence-corrected chi connectivity index (χ3v) is 5.67. The second-order valence-electron chi connectivity index (χ2n) is 7.80. The second-order valence-corrected chi connectivity index (χ2v) is 8.19. The molecular formula is C25H24N4O4S. The molecule has 0 aliphatic heterocycles. The minimum Gasteiger partial charge on any atom is -0.459 e. The maximum atomic E-state index is 12.7. The van der Waals surface area contributed by atoms with E-state index >= 15 is 0 Å². The lowest BCUT2D eigenvalue weighted by atomic mass is 10.1. The molecule has 3 N–H and O–H groups in total. The third-order valence-electron chi connectivity index (χ3n) is 5.35. The molecular weight excluding hydrogens is 452 g/mol.